The maximum Gasteiger partial charge on any atom is 0.236 e. The zero-order chi connectivity index (χ0) is 25.4. The summed E-state index contributed by atoms with van der Waals surface area (Å²) in [4.78, 5) is 8.58. The molecule has 0 spiro atoms. The Hall–Kier alpha value is -4.05. The molecule has 37 heavy (non-hydrogen) atoms. The van der Waals surface area contributed by atoms with Crippen molar-refractivity contribution in [2.24, 2.45) is 0 Å². The molecule has 1 fully saturated rings. The number of para-hydroxylation sites is 1. The predicted octanol–water partition coefficient (Wildman–Crippen LogP) is 4.41. The van der Waals surface area contributed by atoms with Crippen molar-refractivity contribution in [2.45, 2.75) is 9.92 Å². The summed E-state index contributed by atoms with van der Waals surface area (Å²) in [5.41, 5.74) is 1.59. The minimum Gasteiger partial charge on any atom is -0.486 e. The molecule has 0 amide bonds. The van der Waals surface area contributed by atoms with E-state index in [-0.39, 0.29) is 21.7 Å². The second kappa shape index (κ2) is 9.44. The first-order valence-electron chi connectivity index (χ1n) is 12.0. The number of sulfone groups is 1. The third-order valence-electron chi connectivity index (χ3n) is 6.44. The van der Waals surface area contributed by atoms with Crippen LogP contribution in [0.25, 0.3) is 11.5 Å². The fourth-order valence-corrected chi connectivity index (χ4v) is 5.83. The summed E-state index contributed by atoms with van der Waals surface area (Å²) in [7, 11) is -4.08. The highest BCUT2D eigenvalue weighted by Crippen LogP contribution is 2.38. The number of piperazine rings is 1. The molecule has 2 aliphatic heterocycles. The minimum absolute atomic E-state index is 0.0277. The molecule has 0 saturated carbocycles. The summed E-state index contributed by atoms with van der Waals surface area (Å²) < 4.78 is 58.4. The Morgan fingerprint density at radius 2 is 1.46 bits per heavy atom. The van der Waals surface area contributed by atoms with Gasteiger partial charge in [-0.05, 0) is 48.5 Å². The molecule has 1 saturated heterocycles. The summed E-state index contributed by atoms with van der Waals surface area (Å²) in [5, 5.41) is -0.184. The number of nitrogens with zero attached hydrogens (tertiary/aromatic N) is 3. The molecule has 1 aromatic heterocycles. The zero-order valence-electron chi connectivity index (χ0n) is 19.8. The maximum absolute atomic E-state index is 13.9. The summed E-state index contributed by atoms with van der Waals surface area (Å²) in [6.45, 7) is 3.18. The molecule has 0 aliphatic carbocycles. The second-order valence-electron chi connectivity index (χ2n) is 8.75. The molecular formula is C27H24FN3O5S. The lowest BCUT2D eigenvalue weighted by Gasteiger charge is -2.36. The lowest BCUT2D eigenvalue weighted by molar-refractivity contribution is 0.171. The van der Waals surface area contributed by atoms with Crippen LogP contribution in [-0.4, -0.2) is 52.8 Å². The van der Waals surface area contributed by atoms with Crippen molar-refractivity contribution in [1.29, 1.82) is 0 Å². The number of hydrogen-bond acceptors (Lipinski definition) is 8. The first kappa shape index (κ1) is 23.4. The Balaban J connectivity index is 1.37. The summed E-state index contributed by atoms with van der Waals surface area (Å²) in [6.07, 6.45) is 0. The molecule has 3 aromatic carbocycles. The quantitative estimate of drug-likeness (QED) is 0.382. The van der Waals surface area contributed by atoms with E-state index in [4.69, 9.17) is 13.9 Å². The van der Waals surface area contributed by atoms with Gasteiger partial charge in [-0.2, -0.15) is 4.98 Å². The molecule has 0 unspecified atom stereocenters. The van der Waals surface area contributed by atoms with Crippen LogP contribution >= 0.6 is 0 Å². The molecule has 8 nitrogen and oxygen atoms in total. The average molecular weight is 522 g/mol. The number of hydrogen-bond donors (Lipinski definition) is 0. The van der Waals surface area contributed by atoms with E-state index in [9.17, 15) is 12.8 Å². The van der Waals surface area contributed by atoms with Gasteiger partial charge in [0, 0.05) is 43.5 Å². The summed E-state index contributed by atoms with van der Waals surface area (Å²) >= 11 is 0. The molecule has 6 rings (SSSR count). The van der Waals surface area contributed by atoms with Crippen LogP contribution in [0, 0.1) is 5.82 Å². The van der Waals surface area contributed by atoms with Gasteiger partial charge in [-0.15, -0.1) is 0 Å². The standard InChI is InChI=1S/C27H24FN3O5S/c28-20-8-6-19(7-9-20)25-29-26(37(32,33)22-10-11-23-24(18-22)35-17-16-34-23)27(36-25)31-14-12-30(13-15-31)21-4-2-1-3-5-21/h1-11,18H,12-17H2. The highest BCUT2D eigenvalue weighted by molar-refractivity contribution is 7.91. The van der Waals surface area contributed by atoms with Crippen molar-refractivity contribution < 1.29 is 26.7 Å². The van der Waals surface area contributed by atoms with E-state index < -0.39 is 15.7 Å². The maximum atomic E-state index is 13.9. The Bertz CT molecular complexity index is 1520. The van der Waals surface area contributed by atoms with E-state index >= 15 is 0 Å². The number of anilines is 2. The van der Waals surface area contributed by atoms with Crippen molar-refractivity contribution in [3.05, 3.63) is 78.6 Å². The van der Waals surface area contributed by atoms with E-state index in [0.717, 1.165) is 5.69 Å². The summed E-state index contributed by atoms with van der Waals surface area (Å²) in [6, 6.07) is 20.2. The van der Waals surface area contributed by atoms with Gasteiger partial charge in [0.15, 0.2) is 11.5 Å². The number of fused-ring (bicyclic) bond motifs is 1. The normalized spacial score (nSPS) is 15.6. The van der Waals surface area contributed by atoms with Gasteiger partial charge in [0.2, 0.25) is 26.6 Å². The third-order valence-corrected chi connectivity index (χ3v) is 8.09. The topological polar surface area (TPSA) is 85.1 Å². The SMILES string of the molecule is O=S(=O)(c1ccc2c(c1)OCCO2)c1nc(-c2ccc(F)cc2)oc1N1CCN(c2ccccc2)CC1. The molecular weight excluding hydrogens is 497 g/mol. The highest BCUT2D eigenvalue weighted by atomic mass is 32.2. The molecule has 190 valence electrons. The zero-order valence-corrected chi connectivity index (χ0v) is 20.7. The van der Waals surface area contributed by atoms with Gasteiger partial charge >= 0.3 is 0 Å². The van der Waals surface area contributed by atoms with Gasteiger partial charge in [0.25, 0.3) is 0 Å². The number of benzene rings is 3. The Morgan fingerprint density at radius 3 is 2.19 bits per heavy atom. The Kier molecular flexibility index (Phi) is 5.96. The monoisotopic (exact) mass is 521 g/mol. The van der Waals surface area contributed by atoms with Gasteiger partial charge in [-0.25, -0.2) is 12.8 Å². The lowest BCUT2D eigenvalue weighted by atomic mass is 10.2. The van der Waals surface area contributed by atoms with Crippen LogP contribution in [0.1, 0.15) is 0 Å². The van der Waals surface area contributed by atoms with Crippen LogP contribution in [0.15, 0.2) is 87.1 Å². The van der Waals surface area contributed by atoms with E-state index in [2.05, 4.69) is 22.0 Å². The van der Waals surface area contributed by atoms with Crippen molar-refractivity contribution in [2.75, 3.05) is 49.2 Å². The van der Waals surface area contributed by atoms with E-state index in [0.29, 0.717) is 56.5 Å². The number of ether oxygens (including phenoxy) is 2. The minimum atomic E-state index is -4.08. The van der Waals surface area contributed by atoms with Crippen LogP contribution in [0.4, 0.5) is 16.0 Å². The number of aromatic nitrogens is 1. The van der Waals surface area contributed by atoms with Gasteiger partial charge in [0.05, 0.1) is 4.90 Å². The average Bonchev–Trinajstić information content (AvgIpc) is 3.40. The van der Waals surface area contributed by atoms with Crippen molar-refractivity contribution in [3.63, 3.8) is 0 Å². The molecule has 0 N–H and O–H groups in total. The van der Waals surface area contributed by atoms with Crippen molar-refractivity contribution >= 4 is 21.4 Å². The molecule has 0 atom stereocenters. The van der Waals surface area contributed by atoms with Gasteiger partial charge in [-0.1, -0.05) is 18.2 Å². The van der Waals surface area contributed by atoms with E-state index in [1.807, 2.05) is 23.1 Å². The summed E-state index contributed by atoms with van der Waals surface area (Å²) in [5.74, 6) is 0.734. The van der Waals surface area contributed by atoms with E-state index in [1.54, 1.807) is 6.07 Å². The molecule has 10 heteroatoms. The highest BCUT2D eigenvalue weighted by Gasteiger charge is 2.33. The molecule has 4 aromatic rings. The van der Waals surface area contributed by atoms with Crippen LogP contribution < -0.4 is 19.3 Å². The van der Waals surface area contributed by atoms with E-state index in [1.165, 1.54) is 36.4 Å². The second-order valence-corrected chi connectivity index (χ2v) is 10.6. The van der Waals surface area contributed by atoms with Crippen molar-refractivity contribution in [3.8, 4) is 23.0 Å². The first-order valence-corrected chi connectivity index (χ1v) is 13.4. The van der Waals surface area contributed by atoms with Crippen LogP contribution in [0.5, 0.6) is 11.5 Å². The molecule has 2 aliphatic rings. The third kappa shape index (κ3) is 4.48. The van der Waals surface area contributed by atoms with Gasteiger partial charge in [-0.3, -0.25) is 0 Å². The lowest BCUT2D eigenvalue weighted by Crippen LogP contribution is -2.46. The predicted molar refractivity (Wildman–Crippen MR) is 136 cm³/mol. The number of oxazole rings is 1. The largest absolute Gasteiger partial charge is 0.486 e. The molecule has 0 bridgehead atoms. The van der Waals surface area contributed by atoms with Gasteiger partial charge in [0.1, 0.15) is 19.0 Å². The fourth-order valence-electron chi connectivity index (χ4n) is 4.50. The van der Waals surface area contributed by atoms with Crippen LogP contribution in [-0.2, 0) is 9.84 Å². The first-order chi connectivity index (χ1) is 18.0. The van der Waals surface area contributed by atoms with Crippen molar-refractivity contribution in [1.82, 2.24) is 4.98 Å². The smallest absolute Gasteiger partial charge is 0.236 e. The Morgan fingerprint density at radius 1 is 0.784 bits per heavy atom. The number of halogens is 1. The fraction of sp³-hybridized carbons (Fsp3) is 0.222. The van der Waals surface area contributed by atoms with Crippen LogP contribution in [0.2, 0.25) is 0 Å². The molecule has 3 heterocycles. The molecule has 0 radical (unpaired) electrons. The van der Waals surface area contributed by atoms with Crippen LogP contribution in [0.3, 0.4) is 0 Å². The van der Waals surface area contributed by atoms with Gasteiger partial charge < -0.3 is 23.7 Å². The number of rotatable bonds is 5. The Labute approximate surface area is 213 Å².